The maximum Gasteiger partial charge on any atom is 0.338 e. The molecule has 7 heteroatoms. The quantitative estimate of drug-likeness (QED) is 0.663. The highest BCUT2D eigenvalue weighted by Gasteiger charge is 2.14. The molecule has 23 heavy (non-hydrogen) atoms. The standard InChI is InChI=1S/C16H15N3O4/c1-2-23-16(22)11-3-5-12(6-4-11)18-14(20)15(21)19-13-7-9-17-10-8-13/h3-10H,2H2,1H3,(H,18,20)(H,17,19,21). The molecule has 2 N–H and O–H groups in total. The molecule has 1 aromatic carbocycles. The maximum absolute atomic E-state index is 11.8. The summed E-state index contributed by atoms with van der Waals surface area (Å²) < 4.78 is 4.86. The van der Waals surface area contributed by atoms with Crippen molar-refractivity contribution in [2.24, 2.45) is 0 Å². The SMILES string of the molecule is CCOC(=O)c1ccc(NC(=O)C(=O)Nc2ccncc2)cc1. The lowest BCUT2D eigenvalue weighted by Crippen LogP contribution is -2.29. The Morgan fingerprint density at radius 2 is 1.43 bits per heavy atom. The third-order valence-corrected chi connectivity index (χ3v) is 2.80. The molecule has 118 valence electrons. The largest absolute Gasteiger partial charge is 0.462 e. The van der Waals surface area contributed by atoms with Gasteiger partial charge in [0.1, 0.15) is 0 Å². The molecule has 0 fully saturated rings. The van der Waals surface area contributed by atoms with Crippen LogP contribution in [0.4, 0.5) is 11.4 Å². The molecule has 1 aromatic heterocycles. The van der Waals surface area contributed by atoms with Gasteiger partial charge in [-0.15, -0.1) is 0 Å². The van der Waals surface area contributed by atoms with Crippen LogP contribution >= 0.6 is 0 Å². The van der Waals surface area contributed by atoms with Gasteiger partial charge in [-0.1, -0.05) is 0 Å². The van der Waals surface area contributed by atoms with Gasteiger partial charge in [0.05, 0.1) is 12.2 Å². The van der Waals surface area contributed by atoms with Crippen LogP contribution in [0.25, 0.3) is 0 Å². The number of hydrogen-bond donors (Lipinski definition) is 2. The molecule has 0 saturated carbocycles. The van der Waals surface area contributed by atoms with Crippen molar-refractivity contribution in [1.82, 2.24) is 4.98 Å². The minimum atomic E-state index is -0.814. The zero-order valence-corrected chi connectivity index (χ0v) is 12.4. The number of esters is 1. The minimum Gasteiger partial charge on any atom is -0.462 e. The van der Waals surface area contributed by atoms with E-state index in [2.05, 4.69) is 15.6 Å². The third-order valence-electron chi connectivity index (χ3n) is 2.80. The lowest BCUT2D eigenvalue weighted by molar-refractivity contribution is -0.132. The number of anilines is 2. The van der Waals surface area contributed by atoms with E-state index in [1.54, 1.807) is 19.1 Å². The average Bonchev–Trinajstić information content (AvgIpc) is 2.56. The molecular formula is C16H15N3O4. The topological polar surface area (TPSA) is 97.4 Å². The van der Waals surface area contributed by atoms with Gasteiger partial charge in [0.25, 0.3) is 0 Å². The number of pyridine rings is 1. The molecule has 0 aliphatic rings. The second-order valence-electron chi connectivity index (χ2n) is 4.44. The molecule has 2 rings (SSSR count). The summed E-state index contributed by atoms with van der Waals surface area (Å²) in [5.41, 5.74) is 1.23. The highest BCUT2D eigenvalue weighted by Crippen LogP contribution is 2.11. The van der Waals surface area contributed by atoms with E-state index in [0.717, 1.165) is 0 Å². The summed E-state index contributed by atoms with van der Waals surface area (Å²) in [6.45, 7) is 2.00. The van der Waals surface area contributed by atoms with Crippen molar-refractivity contribution in [2.75, 3.05) is 17.2 Å². The fourth-order valence-electron chi connectivity index (χ4n) is 1.72. The normalized spacial score (nSPS) is 9.78. The number of carbonyl (C=O) groups is 3. The summed E-state index contributed by atoms with van der Waals surface area (Å²) in [6.07, 6.45) is 3.00. The smallest absolute Gasteiger partial charge is 0.338 e. The van der Waals surface area contributed by atoms with E-state index < -0.39 is 17.8 Å². The number of benzene rings is 1. The molecule has 0 aliphatic heterocycles. The Labute approximate surface area is 132 Å². The van der Waals surface area contributed by atoms with Crippen molar-refractivity contribution in [3.63, 3.8) is 0 Å². The molecule has 2 amide bonds. The molecule has 0 radical (unpaired) electrons. The van der Waals surface area contributed by atoms with Crippen LogP contribution in [0.2, 0.25) is 0 Å². The highest BCUT2D eigenvalue weighted by molar-refractivity contribution is 6.43. The van der Waals surface area contributed by atoms with Crippen LogP contribution in [0.1, 0.15) is 17.3 Å². The summed E-state index contributed by atoms with van der Waals surface area (Å²) in [6, 6.07) is 9.19. The fourth-order valence-corrected chi connectivity index (χ4v) is 1.72. The van der Waals surface area contributed by atoms with Crippen LogP contribution in [0.5, 0.6) is 0 Å². The van der Waals surface area contributed by atoms with Crippen molar-refractivity contribution in [2.45, 2.75) is 6.92 Å². The molecule has 0 spiro atoms. The highest BCUT2D eigenvalue weighted by atomic mass is 16.5. The average molecular weight is 313 g/mol. The number of hydrogen-bond acceptors (Lipinski definition) is 5. The molecule has 0 atom stereocenters. The zero-order chi connectivity index (χ0) is 16.7. The van der Waals surface area contributed by atoms with E-state index >= 15 is 0 Å². The van der Waals surface area contributed by atoms with Gasteiger partial charge in [-0.05, 0) is 43.3 Å². The Bertz CT molecular complexity index is 699. The molecule has 7 nitrogen and oxygen atoms in total. The monoisotopic (exact) mass is 313 g/mol. The van der Waals surface area contributed by atoms with E-state index in [1.807, 2.05) is 0 Å². The van der Waals surface area contributed by atoms with Crippen LogP contribution in [0, 0.1) is 0 Å². The van der Waals surface area contributed by atoms with Gasteiger partial charge < -0.3 is 15.4 Å². The van der Waals surface area contributed by atoms with Crippen molar-refractivity contribution >= 4 is 29.2 Å². The molecular weight excluding hydrogens is 298 g/mol. The van der Waals surface area contributed by atoms with E-state index in [1.165, 1.54) is 36.7 Å². The van der Waals surface area contributed by atoms with Gasteiger partial charge >= 0.3 is 17.8 Å². The predicted molar refractivity (Wildman–Crippen MR) is 83.9 cm³/mol. The Morgan fingerprint density at radius 1 is 0.913 bits per heavy atom. The van der Waals surface area contributed by atoms with Crippen LogP contribution in [0.3, 0.4) is 0 Å². The maximum atomic E-state index is 11.8. The summed E-state index contributed by atoms with van der Waals surface area (Å²) >= 11 is 0. The number of ether oxygens (including phenoxy) is 1. The Morgan fingerprint density at radius 3 is 1.96 bits per heavy atom. The first-order valence-corrected chi connectivity index (χ1v) is 6.89. The fraction of sp³-hybridized carbons (Fsp3) is 0.125. The van der Waals surface area contributed by atoms with E-state index in [0.29, 0.717) is 16.9 Å². The molecule has 0 saturated heterocycles. The van der Waals surface area contributed by atoms with Crippen molar-refractivity contribution < 1.29 is 19.1 Å². The lowest BCUT2D eigenvalue weighted by atomic mass is 10.2. The van der Waals surface area contributed by atoms with Gasteiger partial charge in [0.2, 0.25) is 0 Å². The number of rotatable bonds is 4. The second kappa shape index (κ2) is 7.69. The van der Waals surface area contributed by atoms with Crippen LogP contribution in [-0.4, -0.2) is 29.4 Å². The van der Waals surface area contributed by atoms with Crippen LogP contribution < -0.4 is 10.6 Å². The number of nitrogens with zero attached hydrogens (tertiary/aromatic N) is 1. The number of amides is 2. The number of carbonyl (C=O) groups excluding carboxylic acids is 3. The van der Waals surface area contributed by atoms with Gasteiger partial charge in [-0.3, -0.25) is 14.6 Å². The summed E-state index contributed by atoms with van der Waals surface area (Å²) in [7, 11) is 0. The van der Waals surface area contributed by atoms with E-state index in [4.69, 9.17) is 4.74 Å². The van der Waals surface area contributed by atoms with E-state index in [9.17, 15) is 14.4 Å². The first-order valence-electron chi connectivity index (χ1n) is 6.89. The van der Waals surface area contributed by atoms with Gasteiger partial charge in [0, 0.05) is 23.8 Å². The van der Waals surface area contributed by atoms with Crippen molar-refractivity contribution in [1.29, 1.82) is 0 Å². The lowest BCUT2D eigenvalue weighted by Gasteiger charge is -2.07. The number of aromatic nitrogens is 1. The Kier molecular flexibility index (Phi) is 5.40. The molecule has 1 heterocycles. The molecule has 0 unspecified atom stereocenters. The summed E-state index contributed by atoms with van der Waals surface area (Å²) in [5.74, 6) is -2.06. The first-order chi connectivity index (χ1) is 11.1. The molecule has 2 aromatic rings. The molecule has 0 bridgehead atoms. The van der Waals surface area contributed by atoms with Gasteiger partial charge in [0.15, 0.2) is 0 Å². The van der Waals surface area contributed by atoms with Crippen molar-refractivity contribution in [3.05, 3.63) is 54.4 Å². The third kappa shape index (κ3) is 4.63. The van der Waals surface area contributed by atoms with Crippen LogP contribution in [0.15, 0.2) is 48.8 Å². The van der Waals surface area contributed by atoms with Gasteiger partial charge in [-0.2, -0.15) is 0 Å². The Balaban J connectivity index is 1.94. The molecule has 0 aliphatic carbocycles. The number of nitrogens with one attached hydrogen (secondary N) is 2. The van der Waals surface area contributed by atoms with Crippen molar-refractivity contribution in [3.8, 4) is 0 Å². The Hall–Kier alpha value is -3.22. The minimum absolute atomic E-state index is 0.284. The second-order valence-corrected chi connectivity index (χ2v) is 4.44. The predicted octanol–water partition coefficient (Wildman–Crippen LogP) is 1.84. The summed E-state index contributed by atoms with van der Waals surface area (Å²) in [4.78, 5) is 38.9. The first kappa shape index (κ1) is 16.2. The van der Waals surface area contributed by atoms with Gasteiger partial charge in [-0.25, -0.2) is 4.79 Å². The van der Waals surface area contributed by atoms with E-state index in [-0.39, 0.29) is 6.61 Å². The zero-order valence-electron chi connectivity index (χ0n) is 12.4. The summed E-state index contributed by atoms with van der Waals surface area (Å²) in [5, 5.41) is 4.88. The van der Waals surface area contributed by atoms with Crippen LogP contribution in [-0.2, 0) is 14.3 Å².